The Bertz CT molecular complexity index is 1200. The summed E-state index contributed by atoms with van der Waals surface area (Å²) in [6.07, 6.45) is 8.87. The fourth-order valence-corrected chi connectivity index (χ4v) is 3.68. The van der Waals surface area contributed by atoms with E-state index < -0.39 is 11.9 Å². The van der Waals surface area contributed by atoms with Gasteiger partial charge in [-0.05, 0) is 86.7 Å². The van der Waals surface area contributed by atoms with Gasteiger partial charge >= 0.3 is 17.9 Å². The molecule has 2 aromatic carbocycles. The number of esters is 3. The van der Waals surface area contributed by atoms with Gasteiger partial charge in [-0.15, -0.1) is 0 Å². The van der Waals surface area contributed by atoms with Crippen LogP contribution in [0, 0.1) is 0 Å². The zero-order valence-corrected chi connectivity index (χ0v) is 22.7. The number of benzene rings is 2. The minimum atomic E-state index is -0.468. The normalized spacial score (nSPS) is 12.6. The van der Waals surface area contributed by atoms with E-state index in [2.05, 4.69) is 13.5 Å². The van der Waals surface area contributed by atoms with Crippen LogP contribution < -0.4 is 4.74 Å². The Morgan fingerprint density at radius 2 is 1.31 bits per heavy atom. The molecule has 0 saturated carbocycles. The van der Waals surface area contributed by atoms with Crippen LogP contribution in [0.3, 0.4) is 0 Å². The van der Waals surface area contributed by atoms with Crippen molar-refractivity contribution in [1.82, 2.24) is 0 Å². The fraction of sp³-hybridized carbons (Fsp3) is 0.344. The summed E-state index contributed by atoms with van der Waals surface area (Å²) >= 11 is 0. The maximum Gasteiger partial charge on any atom is 0.343 e. The molecule has 7 heteroatoms. The Labute approximate surface area is 230 Å². The molecule has 0 amide bonds. The van der Waals surface area contributed by atoms with Gasteiger partial charge in [0, 0.05) is 18.4 Å². The third-order valence-corrected chi connectivity index (χ3v) is 6.01. The lowest BCUT2D eigenvalue weighted by Crippen LogP contribution is -2.10. The van der Waals surface area contributed by atoms with Crippen molar-refractivity contribution in [2.45, 2.75) is 58.8 Å². The Morgan fingerprint density at radius 3 is 1.82 bits per heavy atom. The lowest BCUT2D eigenvalue weighted by atomic mass is 10.1. The van der Waals surface area contributed by atoms with Crippen LogP contribution in [0.5, 0.6) is 5.75 Å². The standard InChI is InChI=1S/C32H36O7/c1-4-5-8-24-9-11-25(12-10-24)31(34)38-28-17-19-29(20-18-28)39-32(35)26-13-15-27(16-14-26)36-21-6-7-22-37-30(33)23(2)3/h9-17,19H,2,4-8,18,20-22H2,1,3H3. The first-order valence-corrected chi connectivity index (χ1v) is 13.3. The van der Waals surface area contributed by atoms with E-state index in [0.717, 1.165) is 25.7 Å². The van der Waals surface area contributed by atoms with Gasteiger partial charge in [0.15, 0.2) is 0 Å². The number of allylic oxidation sites excluding steroid dienone is 4. The molecular formula is C32H36O7. The zero-order chi connectivity index (χ0) is 28.0. The molecule has 0 radical (unpaired) electrons. The summed E-state index contributed by atoms with van der Waals surface area (Å²) in [5.41, 5.74) is 2.50. The van der Waals surface area contributed by atoms with Crippen LogP contribution in [0.15, 0.2) is 84.4 Å². The third kappa shape index (κ3) is 9.93. The lowest BCUT2D eigenvalue weighted by Gasteiger charge is -2.15. The second-order valence-corrected chi connectivity index (χ2v) is 9.34. The maximum absolute atomic E-state index is 12.5. The Morgan fingerprint density at radius 1 is 0.769 bits per heavy atom. The topological polar surface area (TPSA) is 88.1 Å². The second-order valence-electron chi connectivity index (χ2n) is 9.34. The molecule has 0 bridgehead atoms. The number of carbonyl (C=O) groups is 3. The van der Waals surface area contributed by atoms with E-state index in [1.54, 1.807) is 55.5 Å². The molecule has 0 spiro atoms. The number of ether oxygens (including phenoxy) is 4. The highest BCUT2D eigenvalue weighted by Gasteiger charge is 2.17. The number of unbranched alkanes of at least 4 members (excludes halogenated alkanes) is 2. The molecule has 0 N–H and O–H groups in total. The van der Waals surface area contributed by atoms with Gasteiger partial charge in [-0.3, -0.25) is 0 Å². The number of hydrogen-bond acceptors (Lipinski definition) is 7. The minimum absolute atomic E-state index is 0.321. The van der Waals surface area contributed by atoms with Gasteiger partial charge in [0.25, 0.3) is 0 Å². The quantitative estimate of drug-likeness (QED) is 0.113. The molecule has 1 aliphatic rings. The number of hydrogen-bond donors (Lipinski definition) is 0. The van der Waals surface area contributed by atoms with Crippen molar-refractivity contribution in [2.24, 2.45) is 0 Å². The Kier molecular flexibility index (Phi) is 11.6. The smallest absolute Gasteiger partial charge is 0.343 e. The first-order valence-electron chi connectivity index (χ1n) is 13.3. The van der Waals surface area contributed by atoms with Crippen molar-refractivity contribution in [2.75, 3.05) is 13.2 Å². The summed E-state index contributed by atoms with van der Waals surface area (Å²) < 4.78 is 21.7. The average Bonchev–Trinajstić information content (AvgIpc) is 2.95. The maximum atomic E-state index is 12.5. The number of aryl methyl sites for hydroxylation is 1. The Balaban J connectivity index is 1.40. The molecule has 0 fully saturated rings. The molecular weight excluding hydrogens is 496 g/mol. The molecule has 0 atom stereocenters. The van der Waals surface area contributed by atoms with Crippen LogP contribution in [0.4, 0.5) is 0 Å². The molecule has 0 unspecified atom stereocenters. The van der Waals surface area contributed by atoms with Crippen LogP contribution in [-0.4, -0.2) is 31.1 Å². The summed E-state index contributed by atoms with van der Waals surface area (Å²) in [6.45, 7) is 8.08. The molecule has 39 heavy (non-hydrogen) atoms. The molecule has 3 rings (SSSR count). The highest BCUT2D eigenvalue weighted by molar-refractivity contribution is 5.91. The summed E-state index contributed by atoms with van der Waals surface area (Å²) in [6, 6.07) is 14.2. The van der Waals surface area contributed by atoms with Crippen molar-refractivity contribution in [1.29, 1.82) is 0 Å². The minimum Gasteiger partial charge on any atom is -0.494 e. The summed E-state index contributed by atoms with van der Waals surface area (Å²) in [5, 5.41) is 0. The third-order valence-electron chi connectivity index (χ3n) is 6.01. The van der Waals surface area contributed by atoms with E-state index in [0.29, 0.717) is 66.4 Å². The largest absolute Gasteiger partial charge is 0.494 e. The predicted octanol–water partition coefficient (Wildman–Crippen LogP) is 6.88. The van der Waals surface area contributed by atoms with E-state index in [1.807, 2.05) is 12.1 Å². The van der Waals surface area contributed by atoms with E-state index >= 15 is 0 Å². The fourth-order valence-electron chi connectivity index (χ4n) is 3.68. The van der Waals surface area contributed by atoms with E-state index in [-0.39, 0.29) is 5.97 Å². The van der Waals surface area contributed by atoms with Crippen LogP contribution >= 0.6 is 0 Å². The van der Waals surface area contributed by atoms with Gasteiger partial charge in [0.2, 0.25) is 0 Å². The number of carbonyl (C=O) groups excluding carboxylic acids is 3. The van der Waals surface area contributed by atoms with Crippen LogP contribution in [-0.2, 0) is 25.4 Å². The van der Waals surface area contributed by atoms with Gasteiger partial charge < -0.3 is 18.9 Å². The van der Waals surface area contributed by atoms with Gasteiger partial charge in [-0.1, -0.05) is 32.1 Å². The van der Waals surface area contributed by atoms with Gasteiger partial charge in [0.1, 0.15) is 17.3 Å². The van der Waals surface area contributed by atoms with Crippen LogP contribution in [0.1, 0.15) is 78.7 Å². The second kappa shape index (κ2) is 15.3. The van der Waals surface area contributed by atoms with Crippen LogP contribution in [0.2, 0.25) is 0 Å². The lowest BCUT2D eigenvalue weighted by molar-refractivity contribution is -0.139. The summed E-state index contributed by atoms with van der Waals surface area (Å²) in [5.74, 6) is 0.418. The molecule has 0 heterocycles. The van der Waals surface area contributed by atoms with Gasteiger partial charge in [-0.25, -0.2) is 14.4 Å². The van der Waals surface area contributed by atoms with Crippen molar-refractivity contribution >= 4 is 17.9 Å². The molecule has 0 aromatic heterocycles. The predicted molar refractivity (Wildman–Crippen MR) is 148 cm³/mol. The van der Waals surface area contributed by atoms with Crippen molar-refractivity contribution in [3.63, 3.8) is 0 Å². The first kappa shape index (κ1) is 29.4. The highest BCUT2D eigenvalue weighted by atomic mass is 16.5. The molecule has 0 aliphatic heterocycles. The molecule has 206 valence electrons. The Hall–Kier alpha value is -4.13. The molecule has 0 saturated heterocycles. The molecule has 2 aromatic rings. The molecule has 1 aliphatic carbocycles. The zero-order valence-electron chi connectivity index (χ0n) is 22.7. The van der Waals surface area contributed by atoms with Crippen molar-refractivity contribution in [3.8, 4) is 5.75 Å². The van der Waals surface area contributed by atoms with Gasteiger partial charge in [-0.2, -0.15) is 0 Å². The summed E-state index contributed by atoms with van der Waals surface area (Å²) in [7, 11) is 0. The van der Waals surface area contributed by atoms with Gasteiger partial charge in [0.05, 0.1) is 24.3 Å². The first-order chi connectivity index (χ1) is 18.9. The van der Waals surface area contributed by atoms with Crippen molar-refractivity contribution in [3.05, 3.63) is 101 Å². The van der Waals surface area contributed by atoms with E-state index in [4.69, 9.17) is 18.9 Å². The SMILES string of the molecule is C=C(C)C(=O)OCCCCOc1ccc(C(=O)OC2=CC=C(OC(=O)c3ccc(CCCC)cc3)CC2)cc1. The van der Waals surface area contributed by atoms with E-state index in [1.165, 1.54) is 5.56 Å². The average molecular weight is 533 g/mol. The highest BCUT2D eigenvalue weighted by Crippen LogP contribution is 2.23. The monoisotopic (exact) mass is 532 g/mol. The van der Waals surface area contributed by atoms with Crippen molar-refractivity contribution < 1.29 is 33.3 Å². The number of rotatable bonds is 14. The van der Waals surface area contributed by atoms with Crippen LogP contribution in [0.25, 0.3) is 0 Å². The molecule has 7 nitrogen and oxygen atoms in total. The van der Waals surface area contributed by atoms with E-state index in [9.17, 15) is 14.4 Å². The summed E-state index contributed by atoms with van der Waals surface area (Å²) in [4.78, 5) is 36.3.